The molecule has 0 saturated heterocycles. The number of benzene rings is 1. The Kier molecular flexibility index (Phi) is 4.12. The van der Waals surface area contributed by atoms with Gasteiger partial charge in [-0.25, -0.2) is 0 Å². The second-order valence-corrected chi connectivity index (χ2v) is 3.14. The molecule has 0 fully saturated rings. The Labute approximate surface area is 94.7 Å². The summed E-state index contributed by atoms with van der Waals surface area (Å²) in [6.45, 7) is 1.83. The molecule has 3 heteroatoms. The number of methoxy groups -OCH3 is 1. The van der Waals surface area contributed by atoms with Gasteiger partial charge in [-0.3, -0.25) is 4.79 Å². The lowest BCUT2D eigenvalue weighted by molar-refractivity contribution is -0.139. The van der Waals surface area contributed by atoms with Crippen molar-refractivity contribution >= 4 is 5.97 Å². The molecular weight excluding hydrogens is 202 g/mol. The summed E-state index contributed by atoms with van der Waals surface area (Å²) < 4.78 is 4.47. The molecule has 0 radical (unpaired) electrons. The maximum Gasteiger partial charge on any atom is 0.317 e. The van der Waals surface area contributed by atoms with Crippen LogP contribution in [-0.2, 0) is 9.53 Å². The van der Waals surface area contributed by atoms with Gasteiger partial charge in [0, 0.05) is 5.56 Å². The van der Waals surface area contributed by atoms with E-state index in [4.69, 9.17) is 5.26 Å². The predicted molar refractivity (Wildman–Crippen MR) is 59.4 cm³/mol. The maximum atomic E-state index is 10.8. The molecule has 0 N–H and O–H groups in total. The van der Waals surface area contributed by atoms with Gasteiger partial charge >= 0.3 is 5.97 Å². The molecule has 0 aliphatic rings. The summed E-state index contributed by atoms with van der Waals surface area (Å²) in [5.74, 6) is 5.20. The fraction of sp³-hybridized carbons (Fsp3) is 0.231. The minimum Gasteiger partial charge on any atom is -0.468 e. The van der Waals surface area contributed by atoms with Crippen LogP contribution < -0.4 is 0 Å². The van der Waals surface area contributed by atoms with Gasteiger partial charge in [0.2, 0.25) is 0 Å². The van der Waals surface area contributed by atoms with Crippen molar-refractivity contribution in [1.82, 2.24) is 0 Å². The van der Waals surface area contributed by atoms with Crippen molar-refractivity contribution < 1.29 is 9.53 Å². The Morgan fingerprint density at radius 2 is 2.12 bits per heavy atom. The van der Waals surface area contributed by atoms with Crippen LogP contribution in [0.2, 0.25) is 0 Å². The lowest BCUT2D eigenvalue weighted by Gasteiger charge is -1.99. The molecule has 0 atom stereocenters. The number of rotatable bonds is 1. The lowest BCUT2D eigenvalue weighted by atomic mass is 10.0. The van der Waals surface area contributed by atoms with Crippen LogP contribution >= 0.6 is 0 Å². The van der Waals surface area contributed by atoms with E-state index >= 15 is 0 Å². The van der Waals surface area contributed by atoms with E-state index in [0.29, 0.717) is 5.56 Å². The van der Waals surface area contributed by atoms with Crippen LogP contribution in [0.3, 0.4) is 0 Å². The van der Waals surface area contributed by atoms with Crippen LogP contribution in [0.25, 0.3) is 0 Å². The molecule has 0 unspecified atom stereocenters. The van der Waals surface area contributed by atoms with E-state index in [1.54, 1.807) is 12.1 Å². The Morgan fingerprint density at radius 3 is 2.75 bits per heavy atom. The summed E-state index contributed by atoms with van der Waals surface area (Å²) in [6.07, 6.45) is 0.0622. The second kappa shape index (κ2) is 5.58. The average molecular weight is 213 g/mol. The van der Waals surface area contributed by atoms with Crippen LogP contribution in [-0.4, -0.2) is 13.1 Å². The summed E-state index contributed by atoms with van der Waals surface area (Å²) in [5.41, 5.74) is 2.20. The molecule has 16 heavy (non-hydrogen) atoms. The van der Waals surface area contributed by atoms with E-state index in [9.17, 15) is 4.79 Å². The predicted octanol–water partition coefficient (Wildman–Crippen LogP) is 1.78. The van der Waals surface area contributed by atoms with Gasteiger partial charge in [0.05, 0.1) is 18.7 Å². The number of hydrogen-bond donors (Lipinski definition) is 0. The zero-order chi connectivity index (χ0) is 12.0. The van der Waals surface area contributed by atoms with Gasteiger partial charge < -0.3 is 4.74 Å². The van der Waals surface area contributed by atoms with Gasteiger partial charge in [-0.15, -0.1) is 0 Å². The SMILES string of the molecule is COC(=O)CC#Cc1cccc(C#N)c1C. The van der Waals surface area contributed by atoms with Gasteiger partial charge in [0.1, 0.15) is 6.42 Å². The Morgan fingerprint density at radius 1 is 1.44 bits per heavy atom. The molecule has 0 aliphatic heterocycles. The van der Waals surface area contributed by atoms with Crippen molar-refractivity contribution in [2.45, 2.75) is 13.3 Å². The first kappa shape index (κ1) is 11.8. The minimum absolute atomic E-state index is 0.0622. The number of carbonyl (C=O) groups excluding carboxylic acids is 1. The third kappa shape index (κ3) is 2.87. The van der Waals surface area contributed by atoms with Crippen molar-refractivity contribution in [3.8, 4) is 17.9 Å². The highest BCUT2D eigenvalue weighted by Crippen LogP contribution is 2.11. The molecular formula is C13H11NO2. The number of nitrogens with zero attached hydrogens (tertiary/aromatic N) is 1. The molecule has 0 heterocycles. The third-order valence-corrected chi connectivity index (χ3v) is 2.14. The molecule has 0 aliphatic carbocycles. The quantitative estimate of drug-likeness (QED) is 0.527. The molecule has 0 saturated carbocycles. The molecule has 0 bridgehead atoms. The van der Waals surface area contributed by atoms with E-state index in [1.165, 1.54) is 7.11 Å². The molecule has 3 nitrogen and oxygen atoms in total. The third-order valence-electron chi connectivity index (χ3n) is 2.14. The molecule has 0 aromatic heterocycles. The van der Waals surface area contributed by atoms with Crippen LogP contribution in [0.5, 0.6) is 0 Å². The number of nitriles is 1. The number of carbonyl (C=O) groups is 1. The molecule has 0 spiro atoms. The van der Waals surface area contributed by atoms with Crippen molar-refractivity contribution in [1.29, 1.82) is 5.26 Å². The first-order chi connectivity index (χ1) is 7.69. The fourth-order valence-corrected chi connectivity index (χ4v) is 1.18. The van der Waals surface area contributed by atoms with Gasteiger partial charge in [-0.2, -0.15) is 5.26 Å². The summed E-state index contributed by atoms with van der Waals surface area (Å²) in [7, 11) is 1.32. The first-order valence-corrected chi connectivity index (χ1v) is 4.74. The molecule has 1 rings (SSSR count). The van der Waals surface area contributed by atoms with Crippen LogP contribution in [0.15, 0.2) is 18.2 Å². The highest BCUT2D eigenvalue weighted by molar-refractivity contribution is 5.72. The van der Waals surface area contributed by atoms with Crippen molar-refractivity contribution in [2.24, 2.45) is 0 Å². The zero-order valence-corrected chi connectivity index (χ0v) is 9.20. The number of ether oxygens (including phenoxy) is 1. The van der Waals surface area contributed by atoms with Crippen LogP contribution in [0, 0.1) is 30.1 Å². The molecule has 80 valence electrons. The lowest BCUT2D eigenvalue weighted by Crippen LogP contribution is -1.97. The topological polar surface area (TPSA) is 50.1 Å². The first-order valence-electron chi connectivity index (χ1n) is 4.74. The monoisotopic (exact) mass is 213 g/mol. The van der Waals surface area contributed by atoms with Gasteiger partial charge in [-0.05, 0) is 24.6 Å². The van der Waals surface area contributed by atoms with E-state index < -0.39 is 0 Å². The average Bonchev–Trinajstić information content (AvgIpc) is 2.31. The Bertz CT molecular complexity index is 501. The van der Waals surface area contributed by atoms with Gasteiger partial charge in [-0.1, -0.05) is 17.9 Å². The maximum absolute atomic E-state index is 10.8. The standard InChI is InChI=1S/C13H11NO2/c1-10-11(5-3-7-12(10)9-14)6-4-8-13(15)16-2/h3,5,7H,8H2,1-2H3. The van der Waals surface area contributed by atoms with Crippen LogP contribution in [0.4, 0.5) is 0 Å². The van der Waals surface area contributed by atoms with E-state index in [-0.39, 0.29) is 12.4 Å². The van der Waals surface area contributed by atoms with Crippen molar-refractivity contribution in [3.63, 3.8) is 0 Å². The number of esters is 1. The minimum atomic E-state index is -0.360. The van der Waals surface area contributed by atoms with Crippen molar-refractivity contribution in [2.75, 3.05) is 7.11 Å². The smallest absolute Gasteiger partial charge is 0.317 e. The summed E-state index contributed by atoms with van der Waals surface area (Å²) in [4.78, 5) is 10.8. The summed E-state index contributed by atoms with van der Waals surface area (Å²) in [5, 5.41) is 8.82. The Balaban J connectivity index is 2.90. The molecule has 1 aromatic rings. The second-order valence-electron chi connectivity index (χ2n) is 3.14. The fourth-order valence-electron chi connectivity index (χ4n) is 1.18. The van der Waals surface area contributed by atoms with E-state index in [2.05, 4.69) is 22.6 Å². The van der Waals surface area contributed by atoms with Gasteiger partial charge in [0.15, 0.2) is 0 Å². The van der Waals surface area contributed by atoms with E-state index in [0.717, 1.165) is 11.1 Å². The Hall–Kier alpha value is -2.26. The summed E-state index contributed by atoms with van der Waals surface area (Å²) in [6, 6.07) is 7.41. The van der Waals surface area contributed by atoms with Crippen molar-refractivity contribution in [3.05, 3.63) is 34.9 Å². The molecule has 0 amide bonds. The summed E-state index contributed by atoms with van der Waals surface area (Å²) >= 11 is 0. The van der Waals surface area contributed by atoms with Crippen LogP contribution in [0.1, 0.15) is 23.1 Å². The number of hydrogen-bond acceptors (Lipinski definition) is 3. The van der Waals surface area contributed by atoms with Gasteiger partial charge in [0.25, 0.3) is 0 Å². The molecule has 1 aromatic carbocycles. The zero-order valence-electron chi connectivity index (χ0n) is 9.20. The highest BCUT2D eigenvalue weighted by atomic mass is 16.5. The largest absolute Gasteiger partial charge is 0.468 e. The van der Waals surface area contributed by atoms with E-state index in [1.807, 2.05) is 13.0 Å². The normalized spacial score (nSPS) is 8.56. The highest BCUT2D eigenvalue weighted by Gasteiger charge is 2.00.